The standard InChI is InChI=1S/C9H8BrClN4/c1-6-2-3-7(10)4-8(6)15-9(5-11)12-13-14-15/h2-4H,5H2,1H3. The van der Waals surface area contributed by atoms with E-state index in [2.05, 4.69) is 31.5 Å². The lowest BCUT2D eigenvalue weighted by molar-refractivity contribution is 0.772. The quantitative estimate of drug-likeness (QED) is 0.797. The highest BCUT2D eigenvalue weighted by Gasteiger charge is 2.09. The maximum Gasteiger partial charge on any atom is 0.171 e. The molecule has 0 radical (unpaired) electrons. The van der Waals surface area contributed by atoms with Crippen LogP contribution < -0.4 is 0 Å². The van der Waals surface area contributed by atoms with Gasteiger partial charge in [-0.2, -0.15) is 4.68 Å². The van der Waals surface area contributed by atoms with Gasteiger partial charge >= 0.3 is 0 Å². The van der Waals surface area contributed by atoms with Gasteiger partial charge < -0.3 is 0 Å². The fourth-order valence-electron chi connectivity index (χ4n) is 1.29. The summed E-state index contributed by atoms with van der Waals surface area (Å²) in [6.45, 7) is 2.00. The number of nitrogens with zero attached hydrogens (tertiary/aromatic N) is 4. The van der Waals surface area contributed by atoms with Crippen LogP contribution in [0.1, 0.15) is 11.4 Å². The molecule has 0 saturated carbocycles. The van der Waals surface area contributed by atoms with Crippen LogP contribution in [0, 0.1) is 6.92 Å². The zero-order chi connectivity index (χ0) is 10.8. The highest BCUT2D eigenvalue weighted by molar-refractivity contribution is 9.10. The summed E-state index contributed by atoms with van der Waals surface area (Å²) in [4.78, 5) is 0. The van der Waals surface area contributed by atoms with E-state index in [0.717, 1.165) is 15.7 Å². The number of tetrazole rings is 1. The van der Waals surface area contributed by atoms with Crippen molar-refractivity contribution in [2.45, 2.75) is 12.8 Å². The Morgan fingerprint density at radius 1 is 1.47 bits per heavy atom. The van der Waals surface area contributed by atoms with Gasteiger partial charge in [-0.1, -0.05) is 22.0 Å². The molecule has 0 amide bonds. The van der Waals surface area contributed by atoms with Gasteiger partial charge in [-0.3, -0.25) is 0 Å². The van der Waals surface area contributed by atoms with Crippen LogP contribution in [0.3, 0.4) is 0 Å². The highest BCUT2D eigenvalue weighted by atomic mass is 79.9. The lowest BCUT2D eigenvalue weighted by atomic mass is 10.2. The van der Waals surface area contributed by atoms with E-state index in [1.54, 1.807) is 4.68 Å². The second-order valence-electron chi connectivity index (χ2n) is 3.07. The van der Waals surface area contributed by atoms with Crippen molar-refractivity contribution >= 4 is 27.5 Å². The molecular weight excluding hydrogens is 279 g/mol. The summed E-state index contributed by atoms with van der Waals surface area (Å²) in [5, 5.41) is 11.3. The third kappa shape index (κ3) is 2.03. The molecule has 0 saturated heterocycles. The molecule has 6 heteroatoms. The fraction of sp³-hybridized carbons (Fsp3) is 0.222. The molecule has 0 aliphatic rings. The fourth-order valence-corrected chi connectivity index (χ4v) is 1.80. The lowest BCUT2D eigenvalue weighted by Gasteiger charge is -2.06. The molecule has 1 aromatic heterocycles. The van der Waals surface area contributed by atoms with Gasteiger partial charge in [0.2, 0.25) is 0 Å². The maximum absolute atomic E-state index is 5.74. The average Bonchev–Trinajstić information content (AvgIpc) is 2.69. The van der Waals surface area contributed by atoms with Crippen LogP contribution >= 0.6 is 27.5 Å². The summed E-state index contributed by atoms with van der Waals surface area (Å²) >= 11 is 9.15. The number of aryl methyl sites for hydroxylation is 1. The zero-order valence-corrected chi connectivity index (χ0v) is 10.3. The number of hydrogen-bond acceptors (Lipinski definition) is 3. The molecule has 15 heavy (non-hydrogen) atoms. The van der Waals surface area contributed by atoms with Crippen LogP contribution in [0.25, 0.3) is 5.69 Å². The second-order valence-corrected chi connectivity index (χ2v) is 4.25. The van der Waals surface area contributed by atoms with Gasteiger partial charge in [0.25, 0.3) is 0 Å². The van der Waals surface area contributed by atoms with Crippen LogP contribution in [-0.4, -0.2) is 20.2 Å². The largest absolute Gasteiger partial charge is 0.196 e. The lowest BCUT2D eigenvalue weighted by Crippen LogP contribution is -2.03. The van der Waals surface area contributed by atoms with Gasteiger partial charge in [0.1, 0.15) is 0 Å². The number of hydrogen-bond donors (Lipinski definition) is 0. The predicted octanol–water partition coefficient (Wildman–Crippen LogP) is 2.47. The molecule has 2 aromatic rings. The van der Waals surface area contributed by atoms with E-state index < -0.39 is 0 Å². The smallest absolute Gasteiger partial charge is 0.171 e. The SMILES string of the molecule is Cc1ccc(Br)cc1-n1nnnc1CCl. The van der Waals surface area contributed by atoms with Crippen LogP contribution in [0.5, 0.6) is 0 Å². The molecule has 1 heterocycles. The Bertz CT molecular complexity index is 483. The first kappa shape index (κ1) is 10.6. The minimum atomic E-state index is 0.291. The Labute approximate surface area is 100 Å². The van der Waals surface area contributed by atoms with Gasteiger partial charge in [-0.25, -0.2) is 0 Å². The minimum absolute atomic E-state index is 0.291. The van der Waals surface area contributed by atoms with Gasteiger partial charge in [0.05, 0.1) is 11.6 Å². The van der Waals surface area contributed by atoms with E-state index in [0.29, 0.717) is 11.7 Å². The Morgan fingerprint density at radius 2 is 2.27 bits per heavy atom. The zero-order valence-electron chi connectivity index (χ0n) is 7.98. The number of alkyl halides is 1. The van der Waals surface area contributed by atoms with Gasteiger partial charge in [-0.05, 0) is 35.0 Å². The van der Waals surface area contributed by atoms with Crippen molar-refractivity contribution < 1.29 is 0 Å². The molecule has 4 nitrogen and oxygen atoms in total. The summed E-state index contributed by atoms with van der Waals surface area (Å²) < 4.78 is 2.63. The van der Waals surface area contributed by atoms with Crippen LogP contribution in [0.2, 0.25) is 0 Å². The van der Waals surface area contributed by atoms with Crippen molar-refractivity contribution in [2.24, 2.45) is 0 Å². The summed E-state index contributed by atoms with van der Waals surface area (Å²) in [6.07, 6.45) is 0. The Kier molecular flexibility index (Phi) is 3.02. The van der Waals surface area contributed by atoms with E-state index in [-0.39, 0.29) is 0 Å². The monoisotopic (exact) mass is 286 g/mol. The van der Waals surface area contributed by atoms with Crippen molar-refractivity contribution in [3.05, 3.63) is 34.1 Å². The van der Waals surface area contributed by atoms with Crippen molar-refractivity contribution in [3.8, 4) is 5.69 Å². The van der Waals surface area contributed by atoms with Gasteiger partial charge in [0.15, 0.2) is 5.82 Å². The first-order valence-corrected chi connectivity index (χ1v) is 5.65. The molecular formula is C9H8BrClN4. The van der Waals surface area contributed by atoms with Crippen LogP contribution in [0.4, 0.5) is 0 Å². The first-order valence-electron chi connectivity index (χ1n) is 4.32. The van der Waals surface area contributed by atoms with Crippen LogP contribution in [-0.2, 0) is 5.88 Å². The van der Waals surface area contributed by atoms with E-state index in [4.69, 9.17) is 11.6 Å². The molecule has 0 bridgehead atoms. The van der Waals surface area contributed by atoms with Gasteiger partial charge in [0, 0.05) is 4.47 Å². The molecule has 0 aliphatic carbocycles. The third-order valence-electron chi connectivity index (χ3n) is 2.05. The first-order chi connectivity index (χ1) is 7.22. The summed E-state index contributed by atoms with van der Waals surface area (Å²) in [5.41, 5.74) is 2.03. The Morgan fingerprint density at radius 3 is 3.00 bits per heavy atom. The molecule has 0 spiro atoms. The van der Waals surface area contributed by atoms with Gasteiger partial charge in [-0.15, -0.1) is 16.7 Å². The number of rotatable bonds is 2. The predicted molar refractivity (Wildman–Crippen MR) is 61.1 cm³/mol. The number of halogens is 2. The van der Waals surface area contributed by atoms with E-state index >= 15 is 0 Å². The average molecular weight is 288 g/mol. The molecule has 0 N–H and O–H groups in total. The molecule has 0 unspecified atom stereocenters. The van der Waals surface area contributed by atoms with Crippen molar-refractivity contribution in [2.75, 3.05) is 0 Å². The summed E-state index contributed by atoms with van der Waals surface area (Å²) in [7, 11) is 0. The van der Waals surface area contributed by atoms with E-state index in [9.17, 15) is 0 Å². The summed E-state index contributed by atoms with van der Waals surface area (Å²) in [6, 6.07) is 5.93. The number of benzene rings is 1. The Balaban J connectivity index is 2.58. The maximum atomic E-state index is 5.74. The molecule has 0 atom stereocenters. The van der Waals surface area contributed by atoms with E-state index in [1.165, 1.54) is 0 Å². The van der Waals surface area contributed by atoms with E-state index in [1.807, 2.05) is 25.1 Å². The molecule has 78 valence electrons. The molecule has 1 aromatic carbocycles. The van der Waals surface area contributed by atoms with Crippen molar-refractivity contribution in [1.29, 1.82) is 0 Å². The topological polar surface area (TPSA) is 43.6 Å². The molecule has 0 fully saturated rings. The normalized spacial score (nSPS) is 10.6. The summed E-state index contributed by atoms with van der Waals surface area (Å²) in [5.74, 6) is 0.928. The Hall–Kier alpha value is -0.940. The molecule has 2 rings (SSSR count). The molecule has 0 aliphatic heterocycles. The third-order valence-corrected chi connectivity index (χ3v) is 2.79. The number of aromatic nitrogens is 4. The van der Waals surface area contributed by atoms with Crippen LogP contribution in [0.15, 0.2) is 22.7 Å². The highest BCUT2D eigenvalue weighted by Crippen LogP contribution is 2.20. The van der Waals surface area contributed by atoms with Crippen molar-refractivity contribution in [3.63, 3.8) is 0 Å². The minimum Gasteiger partial charge on any atom is -0.196 e. The van der Waals surface area contributed by atoms with Crippen molar-refractivity contribution in [1.82, 2.24) is 20.2 Å². The second kappa shape index (κ2) is 4.28.